The topological polar surface area (TPSA) is 130 Å². The Balaban J connectivity index is 1.59. The van der Waals surface area contributed by atoms with Gasteiger partial charge < -0.3 is 11.1 Å². The number of carbonyl (C=O) groups is 1. The monoisotopic (exact) mass is 336 g/mol. The smallest absolute Gasteiger partial charge is 0.276 e. The van der Waals surface area contributed by atoms with Gasteiger partial charge in [0.05, 0.1) is 30.1 Å². The van der Waals surface area contributed by atoms with Crippen LogP contribution in [-0.2, 0) is 6.54 Å². The summed E-state index contributed by atoms with van der Waals surface area (Å²) in [5.41, 5.74) is 9.16. The molecule has 0 saturated heterocycles. The molecule has 3 aromatic heterocycles. The molecule has 3 heterocycles. The van der Waals surface area contributed by atoms with Crippen LogP contribution in [0.3, 0.4) is 0 Å². The van der Waals surface area contributed by atoms with Gasteiger partial charge in [-0.1, -0.05) is 6.07 Å². The number of fused-ring (bicyclic) bond motifs is 1. The van der Waals surface area contributed by atoms with Gasteiger partial charge in [0.1, 0.15) is 0 Å². The van der Waals surface area contributed by atoms with E-state index in [9.17, 15) is 4.79 Å². The molecule has 0 aliphatic heterocycles. The standard InChI is InChI=1S/C16H16N8O/c17-3-4-24-9-12(8-20-24)21-16(25)15-13-2-1-10(5-14(13)22-23-15)11-6-18-19-7-11/h1-2,5-9H,3-4,17H2,(H,18,19)(H,21,25)(H,22,23). The summed E-state index contributed by atoms with van der Waals surface area (Å²) in [6.07, 6.45) is 6.87. The van der Waals surface area contributed by atoms with Gasteiger partial charge in [0.25, 0.3) is 5.91 Å². The highest BCUT2D eigenvalue weighted by atomic mass is 16.2. The summed E-state index contributed by atoms with van der Waals surface area (Å²) in [6.45, 7) is 1.08. The van der Waals surface area contributed by atoms with Gasteiger partial charge in [-0.25, -0.2) is 0 Å². The molecule has 126 valence electrons. The second-order valence-electron chi connectivity index (χ2n) is 5.55. The SMILES string of the molecule is NCCn1cc(NC(=O)c2n[nH]c3cc(-c4cn[nH]c4)ccc23)cn1. The summed E-state index contributed by atoms with van der Waals surface area (Å²) < 4.78 is 1.68. The maximum absolute atomic E-state index is 12.5. The van der Waals surface area contributed by atoms with Crippen LogP contribution in [0.25, 0.3) is 22.0 Å². The van der Waals surface area contributed by atoms with E-state index in [-0.39, 0.29) is 5.91 Å². The molecule has 0 atom stereocenters. The van der Waals surface area contributed by atoms with E-state index in [1.165, 1.54) is 0 Å². The Kier molecular flexibility index (Phi) is 3.75. The van der Waals surface area contributed by atoms with Crippen LogP contribution < -0.4 is 11.1 Å². The summed E-state index contributed by atoms with van der Waals surface area (Å²) in [5, 5.41) is 21.5. The number of benzene rings is 1. The van der Waals surface area contributed by atoms with E-state index in [0.717, 1.165) is 22.0 Å². The number of anilines is 1. The molecule has 0 unspecified atom stereocenters. The molecule has 0 saturated carbocycles. The molecule has 5 N–H and O–H groups in total. The molecule has 4 rings (SSSR count). The van der Waals surface area contributed by atoms with Crippen LogP contribution in [0.1, 0.15) is 10.5 Å². The maximum atomic E-state index is 12.5. The number of nitrogens with one attached hydrogen (secondary N) is 3. The molecule has 25 heavy (non-hydrogen) atoms. The lowest BCUT2D eigenvalue weighted by atomic mass is 10.1. The molecule has 0 fully saturated rings. The predicted octanol–water partition coefficient (Wildman–Crippen LogP) is 1.36. The second kappa shape index (κ2) is 6.21. The van der Waals surface area contributed by atoms with Crippen LogP contribution in [-0.4, -0.2) is 42.6 Å². The van der Waals surface area contributed by atoms with Crippen molar-refractivity contribution in [3.8, 4) is 11.1 Å². The molecule has 0 aliphatic rings. The summed E-state index contributed by atoms with van der Waals surface area (Å²) >= 11 is 0. The predicted molar refractivity (Wildman–Crippen MR) is 92.9 cm³/mol. The largest absolute Gasteiger partial charge is 0.329 e. The quantitative estimate of drug-likeness (QED) is 0.437. The van der Waals surface area contributed by atoms with Crippen LogP contribution in [0.5, 0.6) is 0 Å². The third-order valence-electron chi connectivity index (χ3n) is 3.86. The summed E-state index contributed by atoms with van der Waals surface area (Å²) in [4.78, 5) is 12.5. The molecule has 0 aliphatic carbocycles. The van der Waals surface area contributed by atoms with Crippen molar-refractivity contribution in [3.63, 3.8) is 0 Å². The fourth-order valence-corrected chi connectivity index (χ4v) is 2.65. The van der Waals surface area contributed by atoms with Crippen molar-refractivity contribution in [1.82, 2.24) is 30.2 Å². The van der Waals surface area contributed by atoms with Crippen molar-refractivity contribution in [3.05, 3.63) is 48.7 Å². The zero-order chi connectivity index (χ0) is 17.2. The number of carbonyl (C=O) groups excluding carboxylic acids is 1. The van der Waals surface area contributed by atoms with Crippen molar-refractivity contribution < 1.29 is 4.79 Å². The zero-order valence-corrected chi connectivity index (χ0v) is 13.2. The third-order valence-corrected chi connectivity index (χ3v) is 3.86. The Bertz CT molecular complexity index is 1010. The molecule has 9 nitrogen and oxygen atoms in total. The minimum absolute atomic E-state index is 0.297. The number of nitrogens with zero attached hydrogens (tertiary/aromatic N) is 4. The van der Waals surface area contributed by atoms with E-state index in [4.69, 9.17) is 5.73 Å². The van der Waals surface area contributed by atoms with Crippen LogP contribution >= 0.6 is 0 Å². The Labute approximate surface area is 142 Å². The minimum Gasteiger partial charge on any atom is -0.329 e. The first-order valence-corrected chi connectivity index (χ1v) is 7.76. The maximum Gasteiger partial charge on any atom is 0.276 e. The molecule has 9 heteroatoms. The van der Waals surface area contributed by atoms with Gasteiger partial charge in [-0.15, -0.1) is 0 Å². The second-order valence-corrected chi connectivity index (χ2v) is 5.55. The van der Waals surface area contributed by atoms with Crippen LogP contribution in [0.15, 0.2) is 43.0 Å². The van der Waals surface area contributed by atoms with Gasteiger partial charge in [0.2, 0.25) is 0 Å². The van der Waals surface area contributed by atoms with E-state index < -0.39 is 0 Å². The van der Waals surface area contributed by atoms with Gasteiger partial charge >= 0.3 is 0 Å². The first-order valence-electron chi connectivity index (χ1n) is 7.76. The van der Waals surface area contributed by atoms with Crippen molar-refractivity contribution in [2.75, 3.05) is 11.9 Å². The normalized spacial score (nSPS) is 11.1. The molecule has 4 aromatic rings. The van der Waals surface area contributed by atoms with Crippen molar-refractivity contribution >= 4 is 22.5 Å². The van der Waals surface area contributed by atoms with E-state index >= 15 is 0 Å². The molecule has 0 radical (unpaired) electrons. The lowest BCUT2D eigenvalue weighted by molar-refractivity contribution is 0.102. The van der Waals surface area contributed by atoms with Crippen molar-refractivity contribution in [2.24, 2.45) is 5.73 Å². The fraction of sp³-hybridized carbons (Fsp3) is 0.125. The van der Waals surface area contributed by atoms with Gasteiger partial charge in [-0.3, -0.25) is 19.7 Å². The highest BCUT2D eigenvalue weighted by molar-refractivity contribution is 6.11. The van der Waals surface area contributed by atoms with Crippen LogP contribution in [0.2, 0.25) is 0 Å². The first kappa shape index (κ1) is 15.1. The Morgan fingerprint density at radius 3 is 3.00 bits per heavy atom. The highest BCUT2D eigenvalue weighted by Gasteiger charge is 2.15. The minimum atomic E-state index is -0.297. The lowest BCUT2D eigenvalue weighted by Crippen LogP contribution is -2.13. The molecular formula is C16H16N8O. The van der Waals surface area contributed by atoms with Gasteiger partial charge in [0.15, 0.2) is 5.69 Å². The van der Waals surface area contributed by atoms with E-state index in [0.29, 0.717) is 24.5 Å². The number of rotatable bonds is 5. The van der Waals surface area contributed by atoms with Gasteiger partial charge in [0, 0.05) is 29.9 Å². The Morgan fingerprint density at radius 2 is 2.20 bits per heavy atom. The lowest BCUT2D eigenvalue weighted by Gasteiger charge is -2.01. The third kappa shape index (κ3) is 2.88. The first-order chi connectivity index (χ1) is 12.2. The summed E-state index contributed by atoms with van der Waals surface area (Å²) in [7, 11) is 0. The van der Waals surface area contributed by atoms with E-state index in [1.807, 2.05) is 24.4 Å². The fourth-order valence-electron chi connectivity index (χ4n) is 2.65. The number of nitrogens with two attached hydrogens (primary N) is 1. The number of aromatic nitrogens is 6. The Hall–Kier alpha value is -3.46. The van der Waals surface area contributed by atoms with Gasteiger partial charge in [-0.05, 0) is 17.7 Å². The summed E-state index contributed by atoms with van der Waals surface area (Å²) in [6, 6.07) is 5.73. The highest BCUT2D eigenvalue weighted by Crippen LogP contribution is 2.24. The average molecular weight is 336 g/mol. The number of H-pyrrole nitrogens is 2. The molecule has 0 bridgehead atoms. The Morgan fingerprint density at radius 1 is 1.28 bits per heavy atom. The number of aromatic amines is 2. The number of hydrogen-bond donors (Lipinski definition) is 4. The van der Waals surface area contributed by atoms with Crippen molar-refractivity contribution in [2.45, 2.75) is 6.54 Å². The van der Waals surface area contributed by atoms with E-state index in [2.05, 4.69) is 30.8 Å². The number of amides is 1. The molecule has 0 spiro atoms. The van der Waals surface area contributed by atoms with Crippen LogP contribution in [0, 0.1) is 0 Å². The number of hydrogen-bond acceptors (Lipinski definition) is 5. The zero-order valence-electron chi connectivity index (χ0n) is 13.2. The van der Waals surface area contributed by atoms with Crippen molar-refractivity contribution in [1.29, 1.82) is 0 Å². The van der Waals surface area contributed by atoms with Crippen LogP contribution in [0.4, 0.5) is 5.69 Å². The average Bonchev–Trinajstić information content (AvgIpc) is 3.35. The summed E-state index contributed by atoms with van der Waals surface area (Å²) in [5.74, 6) is -0.297. The molecule has 1 aromatic carbocycles. The van der Waals surface area contributed by atoms with E-state index in [1.54, 1.807) is 23.3 Å². The molecular weight excluding hydrogens is 320 g/mol. The molecule has 1 amide bonds. The van der Waals surface area contributed by atoms with Gasteiger partial charge in [-0.2, -0.15) is 15.3 Å².